The van der Waals surface area contributed by atoms with E-state index in [9.17, 15) is 14.4 Å². The molecular formula is C21H23N5O5. The van der Waals surface area contributed by atoms with Crippen LogP contribution in [0, 0.1) is 0 Å². The van der Waals surface area contributed by atoms with Gasteiger partial charge >= 0.3 is 5.69 Å². The summed E-state index contributed by atoms with van der Waals surface area (Å²) < 4.78 is 12.8. The van der Waals surface area contributed by atoms with Crippen LogP contribution in [0.3, 0.4) is 0 Å². The van der Waals surface area contributed by atoms with E-state index in [0.717, 1.165) is 17.4 Å². The zero-order valence-corrected chi connectivity index (χ0v) is 17.3. The van der Waals surface area contributed by atoms with E-state index >= 15 is 0 Å². The molecule has 1 aliphatic rings. The highest BCUT2D eigenvalue weighted by molar-refractivity contribution is 5.78. The first kappa shape index (κ1) is 20.7. The maximum absolute atomic E-state index is 12.9. The number of amides is 1. The molecule has 4 rings (SSSR count). The van der Waals surface area contributed by atoms with E-state index in [2.05, 4.69) is 15.3 Å². The van der Waals surface area contributed by atoms with Crippen LogP contribution in [0.4, 0.5) is 0 Å². The van der Waals surface area contributed by atoms with E-state index in [-0.39, 0.29) is 23.7 Å². The highest BCUT2D eigenvalue weighted by Gasteiger charge is 2.19. The van der Waals surface area contributed by atoms with Crippen LogP contribution in [-0.4, -0.2) is 51.4 Å². The second-order valence-corrected chi connectivity index (χ2v) is 7.33. The van der Waals surface area contributed by atoms with Gasteiger partial charge < -0.3 is 14.8 Å². The van der Waals surface area contributed by atoms with Crippen LogP contribution in [0.25, 0.3) is 22.4 Å². The third kappa shape index (κ3) is 4.19. The molecule has 1 amide bonds. The van der Waals surface area contributed by atoms with Gasteiger partial charge in [-0.1, -0.05) is 0 Å². The number of ether oxygens (including phenoxy) is 2. The normalized spacial score (nSPS) is 15.9. The van der Waals surface area contributed by atoms with E-state index in [1.165, 1.54) is 17.8 Å². The smallest absolute Gasteiger partial charge is 0.332 e. The Hall–Kier alpha value is -3.53. The molecule has 1 aromatic carbocycles. The first-order valence-corrected chi connectivity index (χ1v) is 9.97. The number of methoxy groups -OCH3 is 1. The molecule has 10 heteroatoms. The molecule has 0 unspecified atom stereocenters. The molecule has 0 aliphatic carbocycles. The standard InChI is InChI=1S/C21H23N5O5/c1-25-19-16(11-23-18(24-19)13-5-7-14(30-2)8-6-13)20(28)26(21(25)29)12-17(27)22-10-15-4-3-9-31-15/h5-8,11,15H,3-4,9-10,12H2,1-2H3,(H,22,27)/t15-/m0/s1. The minimum Gasteiger partial charge on any atom is -0.497 e. The lowest BCUT2D eigenvalue weighted by atomic mass is 10.2. The van der Waals surface area contributed by atoms with Crippen molar-refractivity contribution in [3.8, 4) is 17.1 Å². The average Bonchev–Trinajstić information content (AvgIpc) is 3.32. The van der Waals surface area contributed by atoms with Gasteiger partial charge in [-0.25, -0.2) is 14.8 Å². The Morgan fingerprint density at radius 3 is 2.74 bits per heavy atom. The van der Waals surface area contributed by atoms with E-state index in [1.54, 1.807) is 31.4 Å². The number of carbonyl (C=O) groups excluding carboxylic acids is 1. The fraction of sp³-hybridized carbons (Fsp3) is 0.381. The van der Waals surface area contributed by atoms with Crippen LogP contribution in [0.1, 0.15) is 12.8 Å². The zero-order valence-electron chi connectivity index (χ0n) is 17.3. The van der Waals surface area contributed by atoms with Gasteiger partial charge in [0.1, 0.15) is 17.7 Å². The van der Waals surface area contributed by atoms with Crippen LogP contribution < -0.4 is 21.3 Å². The SMILES string of the molecule is COc1ccc(-c2ncc3c(=O)n(CC(=O)NC[C@@H]4CCCO4)c(=O)n(C)c3n2)cc1. The molecule has 1 atom stereocenters. The summed E-state index contributed by atoms with van der Waals surface area (Å²) in [4.78, 5) is 46.6. The third-order valence-corrected chi connectivity index (χ3v) is 5.28. The van der Waals surface area contributed by atoms with Crippen molar-refractivity contribution in [2.75, 3.05) is 20.3 Å². The Morgan fingerprint density at radius 1 is 1.29 bits per heavy atom. The third-order valence-electron chi connectivity index (χ3n) is 5.28. The molecule has 10 nitrogen and oxygen atoms in total. The Balaban J connectivity index is 1.63. The minimum atomic E-state index is -0.621. The van der Waals surface area contributed by atoms with Gasteiger partial charge in [0.25, 0.3) is 5.56 Å². The summed E-state index contributed by atoms with van der Waals surface area (Å²) in [6.45, 7) is 0.661. The largest absolute Gasteiger partial charge is 0.497 e. The van der Waals surface area contributed by atoms with Crippen molar-refractivity contribution in [1.82, 2.24) is 24.4 Å². The highest BCUT2D eigenvalue weighted by Crippen LogP contribution is 2.20. The quantitative estimate of drug-likeness (QED) is 0.610. The molecule has 162 valence electrons. The molecule has 0 bridgehead atoms. The van der Waals surface area contributed by atoms with Crippen molar-refractivity contribution in [1.29, 1.82) is 0 Å². The zero-order chi connectivity index (χ0) is 22.0. The average molecular weight is 425 g/mol. The van der Waals surface area contributed by atoms with Crippen molar-refractivity contribution in [2.24, 2.45) is 7.05 Å². The maximum Gasteiger partial charge on any atom is 0.332 e. The monoisotopic (exact) mass is 425 g/mol. The number of aryl methyl sites for hydroxylation is 1. The van der Waals surface area contributed by atoms with Gasteiger partial charge in [0.15, 0.2) is 11.5 Å². The predicted molar refractivity (Wildman–Crippen MR) is 113 cm³/mol. The Bertz CT molecular complexity index is 1230. The fourth-order valence-corrected chi connectivity index (χ4v) is 3.53. The summed E-state index contributed by atoms with van der Waals surface area (Å²) >= 11 is 0. The molecule has 1 aliphatic heterocycles. The lowest BCUT2D eigenvalue weighted by Crippen LogP contribution is -2.44. The van der Waals surface area contributed by atoms with Crippen molar-refractivity contribution >= 4 is 16.9 Å². The topological polar surface area (TPSA) is 117 Å². The van der Waals surface area contributed by atoms with Gasteiger partial charge in [-0.2, -0.15) is 0 Å². The van der Waals surface area contributed by atoms with Crippen molar-refractivity contribution < 1.29 is 14.3 Å². The molecule has 2 aromatic heterocycles. The molecule has 0 saturated carbocycles. The van der Waals surface area contributed by atoms with Gasteiger partial charge in [0.05, 0.1) is 13.2 Å². The Morgan fingerprint density at radius 2 is 2.06 bits per heavy atom. The first-order chi connectivity index (χ1) is 15.0. The molecule has 31 heavy (non-hydrogen) atoms. The molecule has 3 aromatic rings. The fourth-order valence-electron chi connectivity index (χ4n) is 3.53. The van der Waals surface area contributed by atoms with Gasteiger partial charge in [-0.05, 0) is 37.1 Å². The Kier molecular flexibility index (Phi) is 5.81. The van der Waals surface area contributed by atoms with Crippen LogP contribution in [-0.2, 0) is 23.1 Å². The summed E-state index contributed by atoms with van der Waals surface area (Å²) in [5.74, 6) is 0.638. The molecule has 3 heterocycles. The number of rotatable bonds is 6. The lowest BCUT2D eigenvalue weighted by molar-refractivity contribution is -0.122. The second-order valence-electron chi connectivity index (χ2n) is 7.33. The molecule has 1 saturated heterocycles. The maximum atomic E-state index is 12.9. The number of carbonyl (C=O) groups is 1. The first-order valence-electron chi connectivity index (χ1n) is 9.97. The van der Waals surface area contributed by atoms with Crippen molar-refractivity contribution in [2.45, 2.75) is 25.5 Å². The molecular weight excluding hydrogens is 402 g/mol. The number of hydrogen-bond acceptors (Lipinski definition) is 7. The number of aromatic nitrogens is 4. The minimum absolute atomic E-state index is 0.0233. The van der Waals surface area contributed by atoms with E-state index in [4.69, 9.17) is 9.47 Å². The van der Waals surface area contributed by atoms with Gasteiger partial charge in [0.2, 0.25) is 5.91 Å². The number of nitrogens with one attached hydrogen (secondary N) is 1. The van der Waals surface area contributed by atoms with Crippen molar-refractivity contribution in [3.05, 3.63) is 51.3 Å². The van der Waals surface area contributed by atoms with Gasteiger partial charge in [0, 0.05) is 32.0 Å². The summed E-state index contributed by atoms with van der Waals surface area (Å²) in [5, 5.41) is 2.88. The van der Waals surface area contributed by atoms with Crippen LogP contribution in [0.2, 0.25) is 0 Å². The second kappa shape index (κ2) is 8.68. The highest BCUT2D eigenvalue weighted by atomic mass is 16.5. The van der Waals surface area contributed by atoms with E-state index in [1.807, 2.05) is 0 Å². The molecule has 1 fully saturated rings. The lowest BCUT2D eigenvalue weighted by Gasteiger charge is -2.13. The Labute approximate surface area is 177 Å². The van der Waals surface area contributed by atoms with Gasteiger partial charge in [-0.3, -0.25) is 18.7 Å². The molecule has 1 N–H and O–H groups in total. The van der Waals surface area contributed by atoms with Gasteiger partial charge in [-0.15, -0.1) is 0 Å². The number of hydrogen-bond donors (Lipinski definition) is 1. The van der Waals surface area contributed by atoms with Crippen molar-refractivity contribution in [3.63, 3.8) is 0 Å². The number of benzene rings is 1. The molecule has 0 spiro atoms. The number of nitrogens with zero attached hydrogens (tertiary/aromatic N) is 4. The van der Waals surface area contributed by atoms with E-state index in [0.29, 0.717) is 30.3 Å². The van der Waals surface area contributed by atoms with Crippen LogP contribution >= 0.6 is 0 Å². The van der Waals surface area contributed by atoms with Crippen LogP contribution in [0.15, 0.2) is 40.1 Å². The summed E-state index contributed by atoms with van der Waals surface area (Å²) in [6.07, 6.45) is 3.20. The van der Waals surface area contributed by atoms with Crippen LogP contribution in [0.5, 0.6) is 5.75 Å². The van der Waals surface area contributed by atoms with E-state index < -0.39 is 17.2 Å². The summed E-state index contributed by atoms with van der Waals surface area (Å²) in [5.41, 5.74) is -0.310. The number of fused-ring (bicyclic) bond motifs is 1. The molecule has 0 radical (unpaired) electrons. The summed E-state index contributed by atoms with van der Waals surface area (Å²) in [6, 6.07) is 7.12. The predicted octanol–water partition coefficient (Wildman–Crippen LogP) is 0.461. The summed E-state index contributed by atoms with van der Waals surface area (Å²) in [7, 11) is 3.08.